The van der Waals surface area contributed by atoms with E-state index in [4.69, 9.17) is 0 Å². The van der Waals surface area contributed by atoms with E-state index in [1.54, 1.807) is 0 Å². The van der Waals surface area contributed by atoms with Crippen LogP contribution < -0.4 is 10.6 Å². The zero-order chi connectivity index (χ0) is 15.5. The monoisotopic (exact) mass is 296 g/mol. The van der Waals surface area contributed by atoms with Crippen molar-refractivity contribution in [2.45, 2.75) is 12.7 Å². The normalized spacial score (nSPS) is 11.1. The molecular weight excluding hydrogens is 287 g/mol. The molecule has 0 aliphatic heterocycles. The topological polar surface area (TPSA) is 58.2 Å². The summed E-state index contributed by atoms with van der Waals surface area (Å²) in [5, 5.41) is 3.85. The Balaban J connectivity index is 2.93. The van der Waals surface area contributed by atoms with E-state index in [1.807, 2.05) is 10.6 Å². The lowest BCUT2D eigenvalue weighted by molar-refractivity contribution is -0.139. The Kier molecular flexibility index (Phi) is 4.64. The number of hydrogen-bond donors (Lipinski definition) is 2. The van der Waals surface area contributed by atoms with Crippen molar-refractivity contribution in [1.29, 1.82) is 0 Å². The molecule has 0 fully saturated rings. The van der Waals surface area contributed by atoms with Gasteiger partial charge in [-0.2, -0.15) is 13.2 Å². The standard InChI is InChI=1S/C11H9F5N2O2/c1-17-9(19)10(20)18-4-6-7(12)2-5(3-8(6)13)11(14,15)16/h2-3H,4H2,1H3,(H,17,19)(H,18,20). The van der Waals surface area contributed by atoms with Gasteiger partial charge >= 0.3 is 18.0 Å². The third-order valence-corrected chi connectivity index (χ3v) is 2.33. The predicted molar refractivity (Wildman–Crippen MR) is 57.3 cm³/mol. The van der Waals surface area contributed by atoms with Gasteiger partial charge in [-0.25, -0.2) is 8.78 Å². The van der Waals surface area contributed by atoms with Crippen LogP contribution in [0.25, 0.3) is 0 Å². The van der Waals surface area contributed by atoms with Crippen molar-refractivity contribution < 1.29 is 31.5 Å². The second-order valence-electron chi connectivity index (χ2n) is 3.68. The van der Waals surface area contributed by atoms with Crippen LogP contribution in [-0.2, 0) is 22.3 Å². The van der Waals surface area contributed by atoms with Crippen molar-refractivity contribution in [3.63, 3.8) is 0 Å². The smallest absolute Gasteiger partial charge is 0.351 e. The van der Waals surface area contributed by atoms with E-state index in [1.165, 1.54) is 7.05 Å². The Bertz CT molecular complexity index is 519. The highest BCUT2D eigenvalue weighted by Crippen LogP contribution is 2.31. The maximum atomic E-state index is 13.4. The first kappa shape index (κ1) is 15.9. The molecule has 0 saturated carbocycles. The zero-order valence-electron chi connectivity index (χ0n) is 10.1. The maximum Gasteiger partial charge on any atom is 0.416 e. The van der Waals surface area contributed by atoms with Crippen LogP contribution >= 0.6 is 0 Å². The fourth-order valence-electron chi connectivity index (χ4n) is 1.30. The molecule has 110 valence electrons. The second kappa shape index (κ2) is 5.85. The van der Waals surface area contributed by atoms with E-state index in [0.717, 1.165) is 0 Å². The summed E-state index contributed by atoms with van der Waals surface area (Å²) in [6.07, 6.45) is -4.88. The molecule has 2 N–H and O–H groups in total. The number of carbonyl (C=O) groups excluding carboxylic acids is 2. The maximum absolute atomic E-state index is 13.4. The number of benzene rings is 1. The predicted octanol–water partition coefficient (Wildman–Crippen LogP) is 1.35. The Morgan fingerprint density at radius 2 is 1.60 bits per heavy atom. The molecule has 0 saturated heterocycles. The van der Waals surface area contributed by atoms with Crippen molar-refractivity contribution in [2.24, 2.45) is 0 Å². The lowest BCUT2D eigenvalue weighted by Gasteiger charge is -2.11. The summed E-state index contributed by atoms with van der Waals surface area (Å²) in [6.45, 7) is -0.748. The first-order valence-electron chi connectivity index (χ1n) is 5.21. The summed E-state index contributed by atoms with van der Waals surface area (Å²) in [6, 6.07) is 0.231. The zero-order valence-corrected chi connectivity index (χ0v) is 10.1. The van der Waals surface area contributed by atoms with Gasteiger partial charge in [0.25, 0.3) is 0 Å². The van der Waals surface area contributed by atoms with Crippen LogP contribution in [0.2, 0.25) is 0 Å². The summed E-state index contributed by atoms with van der Waals surface area (Å²) in [7, 11) is 1.17. The first-order chi connectivity index (χ1) is 9.16. The van der Waals surface area contributed by atoms with Crippen molar-refractivity contribution in [3.05, 3.63) is 34.9 Å². The van der Waals surface area contributed by atoms with E-state index in [2.05, 4.69) is 0 Å². The van der Waals surface area contributed by atoms with Crippen molar-refractivity contribution in [1.82, 2.24) is 10.6 Å². The Labute approximate surface area is 110 Å². The summed E-state index contributed by atoms with van der Waals surface area (Å²) in [4.78, 5) is 21.9. The van der Waals surface area contributed by atoms with Gasteiger partial charge in [0.2, 0.25) is 0 Å². The van der Waals surface area contributed by atoms with Crippen LogP contribution in [0, 0.1) is 11.6 Å². The molecule has 1 aromatic rings. The minimum absolute atomic E-state index is 0.116. The molecule has 0 radical (unpaired) electrons. The largest absolute Gasteiger partial charge is 0.416 e. The van der Waals surface area contributed by atoms with Crippen LogP contribution in [0.1, 0.15) is 11.1 Å². The molecule has 2 amide bonds. The fourth-order valence-corrected chi connectivity index (χ4v) is 1.30. The number of rotatable bonds is 2. The van der Waals surface area contributed by atoms with Crippen molar-refractivity contribution in [2.75, 3.05) is 7.05 Å². The minimum Gasteiger partial charge on any atom is -0.351 e. The third kappa shape index (κ3) is 3.65. The highest BCUT2D eigenvalue weighted by Gasteiger charge is 2.32. The van der Waals surface area contributed by atoms with Gasteiger partial charge in [0.15, 0.2) is 0 Å². The van der Waals surface area contributed by atoms with E-state index in [0.29, 0.717) is 0 Å². The average molecular weight is 296 g/mol. The Morgan fingerprint density at radius 3 is 2.00 bits per heavy atom. The van der Waals surface area contributed by atoms with Gasteiger partial charge in [-0.3, -0.25) is 9.59 Å². The van der Waals surface area contributed by atoms with Gasteiger partial charge in [-0.05, 0) is 12.1 Å². The van der Waals surface area contributed by atoms with Crippen molar-refractivity contribution >= 4 is 11.8 Å². The molecule has 1 rings (SSSR count). The lowest BCUT2D eigenvalue weighted by Crippen LogP contribution is -2.38. The van der Waals surface area contributed by atoms with Gasteiger partial charge in [0.1, 0.15) is 11.6 Å². The first-order valence-corrected chi connectivity index (χ1v) is 5.21. The van der Waals surface area contributed by atoms with Gasteiger partial charge in [0.05, 0.1) is 5.56 Å². The molecule has 0 aromatic heterocycles. The number of alkyl halides is 3. The Morgan fingerprint density at radius 1 is 1.10 bits per heavy atom. The molecule has 0 atom stereocenters. The summed E-state index contributed by atoms with van der Waals surface area (Å²) in [5.41, 5.74) is -2.25. The van der Waals surface area contributed by atoms with Crippen molar-refractivity contribution in [3.8, 4) is 0 Å². The van der Waals surface area contributed by atoms with Crippen LogP contribution in [0.15, 0.2) is 12.1 Å². The molecule has 0 spiro atoms. The second-order valence-corrected chi connectivity index (χ2v) is 3.68. The quantitative estimate of drug-likeness (QED) is 0.639. The molecule has 9 heteroatoms. The van der Waals surface area contributed by atoms with Crippen LogP contribution in [0.5, 0.6) is 0 Å². The molecule has 0 bridgehead atoms. The number of nitrogens with one attached hydrogen (secondary N) is 2. The van der Waals surface area contributed by atoms with Gasteiger partial charge in [0, 0.05) is 19.2 Å². The van der Waals surface area contributed by atoms with Gasteiger partial charge < -0.3 is 10.6 Å². The lowest BCUT2D eigenvalue weighted by atomic mass is 10.1. The van der Waals surface area contributed by atoms with E-state index in [-0.39, 0.29) is 12.1 Å². The van der Waals surface area contributed by atoms with Gasteiger partial charge in [-0.15, -0.1) is 0 Å². The molecule has 0 unspecified atom stereocenters. The highest BCUT2D eigenvalue weighted by atomic mass is 19.4. The molecule has 4 nitrogen and oxygen atoms in total. The Hall–Kier alpha value is -2.19. The molecule has 20 heavy (non-hydrogen) atoms. The fraction of sp³-hybridized carbons (Fsp3) is 0.273. The summed E-state index contributed by atoms with van der Waals surface area (Å²) < 4.78 is 63.6. The number of hydrogen-bond acceptors (Lipinski definition) is 2. The van der Waals surface area contributed by atoms with E-state index >= 15 is 0 Å². The third-order valence-electron chi connectivity index (χ3n) is 2.33. The van der Waals surface area contributed by atoms with Gasteiger partial charge in [-0.1, -0.05) is 0 Å². The van der Waals surface area contributed by atoms with Crippen LogP contribution in [0.3, 0.4) is 0 Å². The average Bonchev–Trinajstić information content (AvgIpc) is 2.35. The summed E-state index contributed by atoms with van der Waals surface area (Å²) >= 11 is 0. The highest BCUT2D eigenvalue weighted by molar-refractivity contribution is 6.34. The van der Waals surface area contributed by atoms with E-state index in [9.17, 15) is 31.5 Å². The minimum atomic E-state index is -4.88. The number of halogens is 5. The molecule has 1 aromatic carbocycles. The SMILES string of the molecule is CNC(=O)C(=O)NCc1c(F)cc(C(F)(F)F)cc1F. The summed E-state index contributed by atoms with van der Waals surface area (Å²) in [5.74, 6) is -5.13. The van der Waals surface area contributed by atoms with Crippen LogP contribution in [0.4, 0.5) is 22.0 Å². The van der Waals surface area contributed by atoms with E-state index < -0.39 is 47.3 Å². The molecule has 0 aliphatic rings. The molecule has 0 heterocycles. The number of likely N-dealkylation sites (N-methyl/N-ethyl adjacent to an activating group) is 1. The van der Waals surface area contributed by atoms with Crippen LogP contribution in [-0.4, -0.2) is 18.9 Å². The number of amides is 2. The molecular formula is C11H9F5N2O2. The number of carbonyl (C=O) groups is 2. The molecule has 0 aliphatic carbocycles.